The molecule has 0 spiro atoms. The first-order chi connectivity index (χ1) is 15.8. The second-order valence-corrected chi connectivity index (χ2v) is 8.85. The predicted octanol–water partition coefficient (Wildman–Crippen LogP) is 4.02. The molecule has 1 aliphatic rings. The number of hydrogen-bond donors (Lipinski definition) is 0. The third-order valence-electron chi connectivity index (χ3n) is 6.35. The van der Waals surface area contributed by atoms with Gasteiger partial charge in [-0.2, -0.15) is 0 Å². The van der Waals surface area contributed by atoms with E-state index in [1.807, 2.05) is 52.0 Å². The number of nitrogens with zero attached hydrogens (tertiary/aromatic N) is 2. The van der Waals surface area contributed by atoms with Crippen LogP contribution in [0.2, 0.25) is 0 Å². The Balaban J connectivity index is 1.48. The third kappa shape index (κ3) is 6.44. The smallest absolute Gasteiger partial charge is 0.260 e. The number of carbonyl (C=O) groups excluding carboxylic acids is 3. The van der Waals surface area contributed by atoms with E-state index in [0.717, 1.165) is 28.0 Å². The SMILES string of the molecule is Cc1ccc(C(=O)CCC(=O)N2CCCN(C(=O)COc3c(C)ccc(C)c3C)CC2)cc1. The van der Waals surface area contributed by atoms with Crippen molar-refractivity contribution in [1.82, 2.24) is 9.80 Å². The van der Waals surface area contributed by atoms with E-state index >= 15 is 0 Å². The van der Waals surface area contributed by atoms with Gasteiger partial charge in [-0.25, -0.2) is 0 Å². The summed E-state index contributed by atoms with van der Waals surface area (Å²) in [6.45, 7) is 10.1. The van der Waals surface area contributed by atoms with Gasteiger partial charge in [0.15, 0.2) is 12.4 Å². The van der Waals surface area contributed by atoms with Crippen LogP contribution in [-0.2, 0) is 9.59 Å². The monoisotopic (exact) mass is 450 g/mol. The molecule has 6 heteroatoms. The van der Waals surface area contributed by atoms with Crippen molar-refractivity contribution in [2.24, 2.45) is 0 Å². The van der Waals surface area contributed by atoms with Crippen LogP contribution in [0.15, 0.2) is 36.4 Å². The molecule has 1 fully saturated rings. The van der Waals surface area contributed by atoms with Crippen molar-refractivity contribution in [3.05, 3.63) is 64.2 Å². The fourth-order valence-corrected chi connectivity index (χ4v) is 4.05. The van der Waals surface area contributed by atoms with Gasteiger partial charge in [0.25, 0.3) is 5.91 Å². The summed E-state index contributed by atoms with van der Waals surface area (Å²) in [7, 11) is 0. The maximum atomic E-state index is 12.8. The molecule has 3 rings (SSSR count). The second-order valence-electron chi connectivity index (χ2n) is 8.85. The van der Waals surface area contributed by atoms with Gasteiger partial charge in [-0.05, 0) is 50.8 Å². The molecule has 2 amide bonds. The molecule has 0 atom stereocenters. The molecule has 2 aromatic carbocycles. The Kier molecular flexibility index (Phi) is 8.26. The lowest BCUT2D eigenvalue weighted by molar-refractivity contribution is -0.134. The average molecular weight is 451 g/mol. The fraction of sp³-hybridized carbons (Fsp3) is 0.444. The zero-order valence-electron chi connectivity index (χ0n) is 20.1. The number of Topliss-reactive ketones (excluding diaryl/α,β-unsaturated/α-hetero) is 1. The second kappa shape index (κ2) is 11.1. The lowest BCUT2D eigenvalue weighted by atomic mass is 10.0. The van der Waals surface area contributed by atoms with Crippen LogP contribution in [0.3, 0.4) is 0 Å². The van der Waals surface area contributed by atoms with Crippen molar-refractivity contribution in [2.75, 3.05) is 32.8 Å². The average Bonchev–Trinajstić information content (AvgIpc) is 3.06. The van der Waals surface area contributed by atoms with Gasteiger partial charge < -0.3 is 14.5 Å². The third-order valence-corrected chi connectivity index (χ3v) is 6.35. The summed E-state index contributed by atoms with van der Waals surface area (Å²) in [5.74, 6) is 0.647. The van der Waals surface area contributed by atoms with Crippen LogP contribution in [0.1, 0.15) is 51.9 Å². The molecule has 0 aliphatic carbocycles. The molecule has 1 aliphatic heterocycles. The largest absolute Gasteiger partial charge is 0.483 e. The van der Waals surface area contributed by atoms with Crippen LogP contribution in [0.4, 0.5) is 0 Å². The number of carbonyl (C=O) groups is 3. The highest BCUT2D eigenvalue weighted by molar-refractivity contribution is 5.98. The van der Waals surface area contributed by atoms with Crippen molar-refractivity contribution in [3.63, 3.8) is 0 Å². The van der Waals surface area contributed by atoms with Crippen LogP contribution in [-0.4, -0.2) is 60.2 Å². The summed E-state index contributed by atoms with van der Waals surface area (Å²) in [4.78, 5) is 41.3. The van der Waals surface area contributed by atoms with E-state index in [0.29, 0.717) is 38.2 Å². The number of ketones is 1. The first-order valence-corrected chi connectivity index (χ1v) is 11.6. The molecule has 2 aromatic rings. The Hall–Kier alpha value is -3.15. The van der Waals surface area contributed by atoms with E-state index in [1.165, 1.54) is 0 Å². The lowest BCUT2D eigenvalue weighted by Gasteiger charge is -2.23. The quantitative estimate of drug-likeness (QED) is 0.598. The fourth-order valence-electron chi connectivity index (χ4n) is 4.05. The normalized spacial score (nSPS) is 14.1. The van der Waals surface area contributed by atoms with Gasteiger partial charge in [0.05, 0.1) is 0 Å². The van der Waals surface area contributed by atoms with Gasteiger partial charge in [-0.1, -0.05) is 42.0 Å². The Bertz CT molecular complexity index is 1010. The zero-order valence-corrected chi connectivity index (χ0v) is 20.1. The number of ether oxygens (including phenoxy) is 1. The number of hydrogen-bond acceptors (Lipinski definition) is 4. The van der Waals surface area contributed by atoms with Crippen LogP contribution >= 0.6 is 0 Å². The van der Waals surface area contributed by atoms with E-state index in [4.69, 9.17) is 4.74 Å². The van der Waals surface area contributed by atoms with Gasteiger partial charge in [0.1, 0.15) is 5.75 Å². The minimum atomic E-state index is -0.0702. The van der Waals surface area contributed by atoms with E-state index in [1.54, 1.807) is 21.9 Å². The van der Waals surface area contributed by atoms with Crippen molar-refractivity contribution < 1.29 is 19.1 Å². The van der Waals surface area contributed by atoms with Gasteiger partial charge >= 0.3 is 0 Å². The lowest BCUT2D eigenvalue weighted by Crippen LogP contribution is -2.39. The van der Waals surface area contributed by atoms with Crippen LogP contribution in [0.5, 0.6) is 5.75 Å². The van der Waals surface area contributed by atoms with Gasteiger partial charge in [-0.15, -0.1) is 0 Å². The molecule has 33 heavy (non-hydrogen) atoms. The van der Waals surface area contributed by atoms with E-state index in [2.05, 4.69) is 0 Å². The van der Waals surface area contributed by atoms with Gasteiger partial charge in [0.2, 0.25) is 5.91 Å². The highest BCUT2D eigenvalue weighted by Crippen LogP contribution is 2.25. The van der Waals surface area contributed by atoms with Crippen molar-refractivity contribution in [2.45, 2.75) is 47.0 Å². The Morgan fingerprint density at radius 1 is 0.758 bits per heavy atom. The topological polar surface area (TPSA) is 66.9 Å². The molecule has 6 nitrogen and oxygen atoms in total. The summed E-state index contributed by atoms with van der Waals surface area (Å²) in [6, 6.07) is 11.5. The van der Waals surface area contributed by atoms with Crippen LogP contribution in [0.25, 0.3) is 0 Å². The number of amides is 2. The highest BCUT2D eigenvalue weighted by Gasteiger charge is 2.23. The van der Waals surface area contributed by atoms with E-state index in [9.17, 15) is 14.4 Å². The van der Waals surface area contributed by atoms with Crippen molar-refractivity contribution in [3.8, 4) is 5.75 Å². The molecule has 1 saturated heterocycles. The molecular formula is C27H34N2O4. The predicted molar refractivity (Wildman–Crippen MR) is 129 cm³/mol. The van der Waals surface area contributed by atoms with Gasteiger partial charge in [-0.3, -0.25) is 14.4 Å². The first kappa shape index (κ1) is 24.5. The Morgan fingerprint density at radius 2 is 1.36 bits per heavy atom. The van der Waals surface area contributed by atoms with Crippen LogP contribution in [0, 0.1) is 27.7 Å². The molecule has 0 saturated carbocycles. The standard InChI is InChI=1S/C27H34N2O4/c1-19-6-10-23(11-7-19)24(30)12-13-25(31)28-14-5-15-29(17-16-28)26(32)18-33-27-21(3)9-8-20(2)22(27)4/h6-11H,5,12-18H2,1-4H3. The number of benzene rings is 2. The van der Waals surface area contributed by atoms with Crippen molar-refractivity contribution >= 4 is 17.6 Å². The molecule has 0 radical (unpaired) electrons. The molecular weight excluding hydrogens is 416 g/mol. The maximum absolute atomic E-state index is 12.8. The summed E-state index contributed by atoms with van der Waals surface area (Å²) >= 11 is 0. The van der Waals surface area contributed by atoms with Gasteiger partial charge in [0, 0.05) is 44.6 Å². The molecule has 0 bridgehead atoms. The number of rotatable bonds is 7. The summed E-state index contributed by atoms with van der Waals surface area (Å²) in [6.07, 6.45) is 1.10. The molecule has 0 unspecified atom stereocenters. The summed E-state index contributed by atoms with van der Waals surface area (Å²) < 4.78 is 5.88. The number of aryl methyl sites for hydroxylation is 3. The first-order valence-electron chi connectivity index (χ1n) is 11.6. The maximum Gasteiger partial charge on any atom is 0.260 e. The Labute approximate surface area is 196 Å². The highest BCUT2D eigenvalue weighted by atomic mass is 16.5. The molecule has 0 aromatic heterocycles. The van der Waals surface area contributed by atoms with E-state index < -0.39 is 0 Å². The molecule has 176 valence electrons. The minimum absolute atomic E-state index is 0.00979. The van der Waals surface area contributed by atoms with E-state index in [-0.39, 0.29) is 37.0 Å². The van der Waals surface area contributed by atoms with Crippen LogP contribution < -0.4 is 4.74 Å². The summed E-state index contributed by atoms with van der Waals surface area (Å²) in [5, 5.41) is 0. The van der Waals surface area contributed by atoms with Crippen molar-refractivity contribution in [1.29, 1.82) is 0 Å². The summed E-state index contributed by atoms with van der Waals surface area (Å²) in [5.41, 5.74) is 4.93. The Morgan fingerprint density at radius 3 is 2.03 bits per heavy atom. The molecule has 1 heterocycles. The molecule has 0 N–H and O–H groups in total. The zero-order chi connectivity index (χ0) is 24.0. The minimum Gasteiger partial charge on any atom is -0.483 e.